The maximum atomic E-state index is 2.83. The average molecular weight is 207 g/mol. The van der Waals surface area contributed by atoms with Gasteiger partial charge in [0.15, 0.2) is 0 Å². The van der Waals surface area contributed by atoms with Crippen molar-refractivity contribution < 1.29 is 0 Å². The van der Waals surface area contributed by atoms with Crippen molar-refractivity contribution in [3.8, 4) is 0 Å². The number of hydrogen-bond donors (Lipinski definition) is 0. The number of hydrogen-bond acceptors (Lipinski definition) is 1. The summed E-state index contributed by atoms with van der Waals surface area (Å²) in [7, 11) is 0. The van der Waals surface area contributed by atoms with Crippen LogP contribution in [0.3, 0.4) is 0 Å². The van der Waals surface area contributed by atoms with Crippen molar-refractivity contribution in [3.05, 3.63) is 0 Å². The molecule has 15 heavy (non-hydrogen) atoms. The van der Waals surface area contributed by atoms with Crippen LogP contribution in [-0.4, -0.2) is 23.0 Å². The second-order valence-corrected chi connectivity index (χ2v) is 7.25. The zero-order valence-corrected chi connectivity index (χ0v) is 10.5. The molecule has 86 valence electrons. The summed E-state index contributed by atoms with van der Waals surface area (Å²) in [6.07, 6.45) is 7.65. The van der Waals surface area contributed by atoms with Gasteiger partial charge in [-0.1, -0.05) is 0 Å². The predicted octanol–water partition coefficient (Wildman–Crippen LogP) is 3.30. The van der Waals surface area contributed by atoms with E-state index in [-0.39, 0.29) is 0 Å². The van der Waals surface area contributed by atoms with Crippen LogP contribution in [0.5, 0.6) is 0 Å². The molecular weight excluding hydrogens is 182 g/mol. The summed E-state index contributed by atoms with van der Waals surface area (Å²) in [6, 6.07) is 0.918. The summed E-state index contributed by atoms with van der Waals surface area (Å²) in [6.45, 7) is 8.60. The van der Waals surface area contributed by atoms with Crippen molar-refractivity contribution in [2.24, 2.45) is 17.8 Å². The van der Waals surface area contributed by atoms with E-state index in [1.54, 1.807) is 19.3 Å². The van der Waals surface area contributed by atoms with Crippen LogP contribution >= 0.6 is 0 Å². The first kappa shape index (κ1) is 10.1. The lowest BCUT2D eigenvalue weighted by Gasteiger charge is -2.43. The Bertz CT molecular complexity index is 239. The molecule has 4 rings (SSSR count). The third-order valence-electron chi connectivity index (χ3n) is 4.97. The van der Waals surface area contributed by atoms with E-state index >= 15 is 0 Å². The molecule has 2 saturated heterocycles. The Morgan fingerprint density at radius 3 is 1.87 bits per heavy atom. The van der Waals surface area contributed by atoms with Gasteiger partial charge in [0.25, 0.3) is 0 Å². The maximum absolute atomic E-state index is 2.83. The number of rotatable bonds is 0. The van der Waals surface area contributed by atoms with E-state index in [9.17, 15) is 0 Å². The first-order valence-corrected chi connectivity index (χ1v) is 6.79. The smallest absolute Gasteiger partial charge is 0.0128 e. The molecule has 2 unspecified atom stereocenters. The van der Waals surface area contributed by atoms with Crippen molar-refractivity contribution in [2.75, 3.05) is 6.54 Å². The van der Waals surface area contributed by atoms with E-state index < -0.39 is 0 Å². The Morgan fingerprint density at radius 2 is 1.33 bits per heavy atom. The molecule has 0 spiro atoms. The van der Waals surface area contributed by atoms with Gasteiger partial charge in [-0.25, -0.2) is 0 Å². The predicted molar refractivity (Wildman–Crippen MR) is 63.8 cm³/mol. The molecule has 4 aliphatic rings. The third kappa shape index (κ3) is 1.73. The molecule has 0 N–H and O–H groups in total. The molecular formula is C14H25N. The van der Waals surface area contributed by atoms with Crippen LogP contribution in [0, 0.1) is 17.8 Å². The van der Waals surface area contributed by atoms with Gasteiger partial charge in [-0.15, -0.1) is 0 Å². The highest BCUT2D eigenvalue weighted by atomic mass is 15.2. The van der Waals surface area contributed by atoms with Gasteiger partial charge in [0.05, 0.1) is 0 Å². The normalized spacial score (nSPS) is 45.8. The van der Waals surface area contributed by atoms with Gasteiger partial charge >= 0.3 is 0 Å². The lowest BCUT2D eigenvalue weighted by molar-refractivity contribution is 0.0599. The second-order valence-electron chi connectivity index (χ2n) is 7.25. The molecule has 0 aromatic carbocycles. The average Bonchev–Trinajstić information content (AvgIpc) is 2.28. The van der Waals surface area contributed by atoms with Crippen molar-refractivity contribution in [1.82, 2.24) is 4.90 Å². The Hall–Kier alpha value is -0.0400. The molecule has 0 radical (unpaired) electrons. The van der Waals surface area contributed by atoms with Crippen molar-refractivity contribution in [1.29, 1.82) is 0 Å². The van der Waals surface area contributed by atoms with Gasteiger partial charge in [-0.3, -0.25) is 4.90 Å². The number of nitrogens with zero attached hydrogens (tertiary/aromatic N) is 1. The van der Waals surface area contributed by atoms with Gasteiger partial charge in [-0.05, 0) is 70.6 Å². The van der Waals surface area contributed by atoms with E-state index in [2.05, 4.69) is 25.7 Å². The highest BCUT2D eigenvalue weighted by Gasteiger charge is 2.45. The van der Waals surface area contributed by atoms with E-state index in [0.29, 0.717) is 5.54 Å². The van der Waals surface area contributed by atoms with Gasteiger partial charge in [0.1, 0.15) is 0 Å². The Balaban J connectivity index is 1.88. The van der Waals surface area contributed by atoms with Crippen LogP contribution in [-0.2, 0) is 0 Å². The minimum absolute atomic E-state index is 0.393. The molecule has 1 heteroatoms. The van der Waals surface area contributed by atoms with Crippen LogP contribution in [0.2, 0.25) is 0 Å². The summed E-state index contributed by atoms with van der Waals surface area (Å²) >= 11 is 0. The molecule has 2 atom stereocenters. The zero-order valence-electron chi connectivity index (χ0n) is 10.5. The SMILES string of the molecule is CC(C)(C)N1CC2CC3CC(C2)CC1C3. The van der Waals surface area contributed by atoms with E-state index in [0.717, 1.165) is 23.8 Å². The molecule has 2 heterocycles. The van der Waals surface area contributed by atoms with E-state index in [1.165, 1.54) is 19.4 Å². The molecule has 2 aliphatic heterocycles. The summed E-state index contributed by atoms with van der Waals surface area (Å²) < 4.78 is 0. The minimum atomic E-state index is 0.393. The molecule has 1 nitrogen and oxygen atoms in total. The second kappa shape index (κ2) is 3.23. The molecule has 0 amide bonds. The van der Waals surface area contributed by atoms with Crippen molar-refractivity contribution in [2.45, 2.75) is 64.5 Å². The van der Waals surface area contributed by atoms with Gasteiger partial charge in [-0.2, -0.15) is 0 Å². The topological polar surface area (TPSA) is 3.24 Å². The first-order chi connectivity index (χ1) is 7.02. The van der Waals surface area contributed by atoms with E-state index in [4.69, 9.17) is 0 Å². The van der Waals surface area contributed by atoms with E-state index in [1.807, 2.05) is 0 Å². The maximum Gasteiger partial charge on any atom is 0.0128 e. The molecule has 2 aliphatic carbocycles. The molecule has 4 fully saturated rings. The third-order valence-corrected chi connectivity index (χ3v) is 4.97. The number of fused-ring (bicyclic) bond motifs is 1. The highest BCUT2D eigenvalue weighted by Crippen LogP contribution is 2.48. The highest BCUT2D eigenvalue weighted by molar-refractivity contribution is 4.98. The molecule has 0 aromatic rings. The van der Waals surface area contributed by atoms with Gasteiger partial charge in [0.2, 0.25) is 0 Å². The minimum Gasteiger partial charge on any atom is -0.295 e. The fourth-order valence-electron chi connectivity index (χ4n) is 4.61. The Morgan fingerprint density at radius 1 is 0.800 bits per heavy atom. The fraction of sp³-hybridized carbons (Fsp3) is 1.00. The molecule has 4 bridgehead atoms. The van der Waals surface area contributed by atoms with Crippen LogP contribution < -0.4 is 0 Å². The summed E-state index contributed by atoms with van der Waals surface area (Å²) in [4.78, 5) is 2.83. The van der Waals surface area contributed by atoms with Crippen LogP contribution in [0.1, 0.15) is 52.9 Å². The molecule has 0 aromatic heterocycles. The van der Waals surface area contributed by atoms with Crippen molar-refractivity contribution in [3.63, 3.8) is 0 Å². The fourth-order valence-corrected chi connectivity index (χ4v) is 4.61. The molecule has 2 saturated carbocycles. The van der Waals surface area contributed by atoms with Crippen molar-refractivity contribution >= 4 is 0 Å². The van der Waals surface area contributed by atoms with Crippen LogP contribution in [0.15, 0.2) is 0 Å². The summed E-state index contributed by atoms with van der Waals surface area (Å²) in [5, 5.41) is 0. The Labute approximate surface area is 94.2 Å². The van der Waals surface area contributed by atoms with Crippen LogP contribution in [0.25, 0.3) is 0 Å². The quantitative estimate of drug-likeness (QED) is 0.589. The van der Waals surface area contributed by atoms with Gasteiger partial charge in [0, 0.05) is 18.1 Å². The summed E-state index contributed by atoms with van der Waals surface area (Å²) in [5.74, 6) is 3.19. The Kier molecular flexibility index (Phi) is 2.18. The summed E-state index contributed by atoms with van der Waals surface area (Å²) in [5.41, 5.74) is 0.393. The largest absolute Gasteiger partial charge is 0.295 e. The monoisotopic (exact) mass is 207 g/mol. The van der Waals surface area contributed by atoms with Gasteiger partial charge < -0.3 is 0 Å². The standard InChI is InChI=1S/C14H25N/c1-14(2,3)15-9-12-5-10-4-11(6-12)8-13(15)7-10/h10-13H,4-9H2,1-3H3. The lowest BCUT2D eigenvalue weighted by Crippen LogP contribution is -2.49. The zero-order chi connectivity index (χ0) is 10.6. The first-order valence-electron chi connectivity index (χ1n) is 6.79. The van der Waals surface area contributed by atoms with Crippen LogP contribution in [0.4, 0.5) is 0 Å². The lowest BCUT2D eigenvalue weighted by atomic mass is 9.68.